The van der Waals surface area contributed by atoms with Gasteiger partial charge in [-0.05, 0) is 63.6 Å². The Balaban J connectivity index is 1.56. The maximum Gasteiger partial charge on any atom is 0.459 e. The van der Waals surface area contributed by atoms with Crippen LogP contribution in [0.2, 0.25) is 5.02 Å². The average molecular weight is 658 g/mol. The van der Waals surface area contributed by atoms with E-state index in [2.05, 4.69) is 5.09 Å². The molecular weight excluding hydrogens is 627 g/mol. The van der Waals surface area contributed by atoms with Crippen LogP contribution < -0.4 is 20.9 Å². The largest absolute Gasteiger partial charge is 0.462 e. The third-order valence-corrected chi connectivity index (χ3v) is 8.49. The zero-order chi connectivity index (χ0) is 32.4. The van der Waals surface area contributed by atoms with Gasteiger partial charge in [-0.15, -0.1) is 0 Å². The SMILES string of the molecule is CC(C)OC(=O)[C@H](C)NP(=O)(OC[C@H]1O[C@@H](n2ccc(=O)[nH]c2=O)[C@](C)(F)[C@@H]1O)Oc1ccc(-c2ccc(Cl)cc2F)cc1. The molecule has 2 aromatic carbocycles. The fraction of sp³-hybridized carbons (Fsp3) is 0.393. The van der Waals surface area contributed by atoms with Crippen molar-refractivity contribution >= 4 is 25.3 Å². The molecule has 16 heteroatoms. The Labute approximate surface area is 255 Å². The van der Waals surface area contributed by atoms with E-state index in [1.807, 2.05) is 4.98 Å². The summed E-state index contributed by atoms with van der Waals surface area (Å²) >= 11 is 5.83. The summed E-state index contributed by atoms with van der Waals surface area (Å²) in [4.78, 5) is 38.1. The number of ether oxygens (including phenoxy) is 2. The number of rotatable bonds is 11. The van der Waals surface area contributed by atoms with E-state index >= 15 is 4.39 Å². The van der Waals surface area contributed by atoms with Gasteiger partial charge in [0, 0.05) is 22.8 Å². The second-order valence-corrected chi connectivity index (χ2v) is 12.6. The average Bonchev–Trinajstić information content (AvgIpc) is 3.15. The number of nitrogens with one attached hydrogen (secondary N) is 2. The van der Waals surface area contributed by atoms with Crippen molar-refractivity contribution in [3.8, 4) is 16.9 Å². The van der Waals surface area contributed by atoms with Gasteiger partial charge < -0.3 is 19.1 Å². The van der Waals surface area contributed by atoms with Crippen molar-refractivity contribution in [2.24, 2.45) is 0 Å². The summed E-state index contributed by atoms with van der Waals surface area (Å²) in [5, 5.41) is 13.4. The Kier molecular flexibility index (Phi) is 10.1. The van der Waals surface area contributed by atoms with Crippen LogP contribution in [0, 0.1) is 5.82 Å². The molecule has 1 unspecified atom stereocenters. The number of aromatic amines is 1. The first kappa shape index (κ1) is 33.5. The van der Waals surface area contributed by atoms with Crippen LogP contribution in [0.3, 0.4) is 0 Å². The van der Waals surface area contributed by atoms with Gasteiger partial charge in [0.1, 0.15) is 29.8 Å². The number of H-pyrrole nitrogens is 1. The minimum absolute atomic E-state index is 0.00994. The number of carbonyl (C=O) groups is 1. The van der Waals surface area contributed by atoms with E-state index in [9.17, 15) is 28.4 Å². The van der Waals surface area contributed by atoms with Gasteiger partial charge >= 0.3 is 19.4 Å². The highest BCUT2D eigenvalue weighted by atomic mass is 35.5. The number of benzene rings is 2. The molecule has 2 heterocycles. The summed E-state index contributed by atoms with van der Waals surface area (Å²) in [5.74, 6) is -1.34. The summed E-state index contributed by atoms with van der Waals surface area (Å²) in [5.41, 5.74) is -3.53. The first-order chi connectivity index (χ1) is 20.6. The highest BCUT2D eigenvalue weighted by Gasteiger charge is 2.56. The maximum absolute atomic E-state index is 15.6. The first-order valence-electron chi connectivity index (χ1n) is 13.4. The summed E-state index contributed by atoms with van der Waals surface area (Å²) in [7, 11) is -4.50. The standard InChI is InChI=1S/C28H31ClF2N3O9P/c1-15(2)41-25(37)16(3)33-44(39,43-19-8-5-17(6-9-19)20-10-7-18(29)13-21(20)30)40-14-22-24(36)28(4,31)26(42-22)34-12-11-23(35)32-27(34)38/h5-13,15-16,22,24,26,36H,14H2,1-4H3,(H,33,39)(H,32,35,38)/t16-,22+,24+,26+,28+,44?/m0/s1. The van der Waals surface area contributed by atoms with Crippen LogP contribution in [0.25, 0.3) is 11.1 Å². The van der Waals surface area contributed by atoms with E-state index in [-0.39, 0.29) is 16.3 Å². The number of esters is 1. The molecule has 4 rings (SSSR count). The second-order valence-electron chi connectivity index (χ2n) is 10.5. The number of alkyl halides is 1. The lowest BCUT2D eigenvalue weighted by Crippen LogP contribution is -2.43. The van der Waals surface area contributed by atoms with E-state index in [4.69, 9.17) is 30.1 Å². The number of hydrogen-bond donors (Lipinski definition) is 3. The molecule has 6 atom stereocenters. The molecule has 1 saturated heterocycles. The lowest BCUT2D eigenvalue weighted by Gasteiger charge is -2.25. The van der Waals surface area contributed by atoms with Crippen molar-refractivity contribution in [2.45, 2.75) is 63.9 Å². The lowest BCUT2D eigenvalue weighted by atomic mass is 9.98. The van der Waals surface area contributed by atoms with Crippen LogP contribution in [0.1, 0.15) is 33.9 Å². The summed E-state index contributed by atoms with van der Waals surface area (Å²) in [6, 6.07) is 9.70. The molecule has 1 fully saturated rings. The lowest BCUT2D eigenvalue weighted by molar-refractivity contribution is -0.149. The van der Waals surface area contributed by atoms with Gasteiger partial charge in [-0.3, -0.25) is 23.7 Å². The monoisotopic (exact) mass is 657 g/mol. The number of aliphatic hydroxyl groups is 1. The van der Waals surface area contributed by atoms with Gasteiger partial charge in [0.05, 0.1) is 12.7 Å². The Bertz CT molecular complexity index is 1660. The molecule has 0 amide bonds. The molecule has 0 spiro atoms. The van der Waals surface area contributed by atoms with Crippen LogP contribution in [-0.4, -0.2) is 57.3 Å². The minimum Gasteiger partial charge on any atom is -0.462 e. The van der Waals surface area contributed by atoms with Gasteiger partial charge in [0.15, 0.2) is 11.9 Å². The predicted molar refractivity (Wildman–Crippen MR) is 156 cm³/mol. The Hall–Kier alpha value is -3.39. The van der Waals surface area contributed by atoms with Gasteiger partial charge in [-0.1, -0.05) is 23.7 Å². The molecule has 3 N–H and O–H groups in total. The second kappa shape index (κ2) is 13.3. The fourth-order valence-electron chi connectivity index (χ4n) is 4.41. The maximum atomic E-state index is 15.6. The molecule has 0 radical (unpaired) electrons. The molecule has 12 nitrogen and oxygen atoms in total. The number of aliphatic hydroxyl groups excluding tert-OH is 1. The first-order valence-corrected chi connectivity index (χ1v) is 15.3. The highest BCUT2D eigenvalue weighted by Crippen LogP contribution is 2.48. The van der Waals surface area contributed by atoms with E-state index in [1.165, 1.54) is 43.3 Å². The third kappa shape index (κ3) is 7.63. The van der Waals surface area contributed by atoms with Crippen molar-refractivity contribution in [1.82, 2.24) is 14.6 Å². The van der Waals surface area contributed by atoms with Crippen molar-refractivity contribution in [3.05, 3.63) is 86.4 Å². The van der Waals surface area contributed by atoms with Crippen molar-refractivity contribution in [1.29, 1.82) is 0 Å². The van der Waals surface area contributed by atoms with E-state index in [0.717, 1.165) is 29.8 Å². The number of nitrogens with zero attached hydrogens (tertiary/aromatic N) is 1. The topological polar surface area (TPSA) is 158 Å². The van der Waals surface area contributed by atoms with Crippen molar-refractivity contribution in [2.75, 3.05) is 6.61 Å². The van der Waals surface area contributed by atoms with Gasteiger partial charge in [-0.25, -0.2) is 18.1 Å². The van der Waals surface area contributed by atoms with Gasteiger partial charge in [0.2, 0.25) is 0 Å². The highest BCUT2D eigenvalue weighted by molar-refractivity contribution is 7.52. The molecule has 238 valence electrons. The van der Waals surface area contributed by atoms with Crippen LogP contribution in [0.15, 0.2) is 64.3 Å². The van der Waals surface area contributed by atoms with E-state index in [1.54, 1.807) is 13.8 Å². The molecule has 1 aliphatic rings. The zero-order valence-corrected chi connectivity index (χ0v) is 25.7. The third-order valence-electron chi connectivity index (χ3n) is 6.61. The summed E-state index contributed by atoms with van der Waals surface area (Å²) < 4.78 is 66.6. The van der Waals surface area contributed by atoms with Crippen LogP contribution in [0.5, 0.6) is 5.75 Å². The molecule has 3 aromatic rings. The number of halogens is 3. The van der Waals surface area contributed by atoms with Crippen LogP contribution in [-0.2, 0) is 23.4 Å². The van der Waals surface area contributed by atoms with Crippen molar-refractivity contribution in [3.63, 3.8) is 0 Å². The number of aromatic nitrogens is 2. The normalized spacial score (nSPS) is 23.7. The minimum atomic E-state index is -4.50. The van der Waals surface area contributed by atoms with Gasteiger partial charge in [-0.2, -0.15) is 5.09 Å². The summed E-state index contributed by atoms with van der Waals surface area (Å²) in [6.07, 6.45) is -4.50. The van der Waals surface area contributed by atoms with Crippen LogP contribution >= 0.6 is 19.3 Å². The Morgan fingerprint density at radius 2 is 1.89 bits per heavy atom. The fourth-order valence-corrected chi connectivity index (χ4v) is 6.07. The molecule has 0 bridgehead atoms. The summed E-state index contributed by atoms with van der Waals surface area (Å²) in [6.45, 7) is 4.87. The zero-order valence-electron chi connectivity index (χ0n) is 24.0. The smallest absolute Gasteiger partial charge is 0.459 e. The van der Waals surface area contributed by atoms with Gasteiger partial charge in [0.25, 0.3) is 5.56 Å². The van der Waals surface area contributed by atoms with Crippen LogP contribution in [0.4, 0.5) is 8.78 Å². The van der Waals surface area contributed by atoms with E-state index < -0.39 is 73.6 Å². The quantitative estimate of drug-likeness (QED) is 0.202. The number of hydrogen-bond acceptors (Lipinski definition) is 9. The van der Waals surface area contributed by atoms with Crippen molar-refractivity contribution < 1.29 is 41.8 Å². The molecular formula is C28H31ClF2N3O9P. The molecule has 0 saturated carbocycles. The van der Waals surface area contributed by atoms with E-state index in [0.29, 0.717) is 5.56 Å². The Morgan fingerprint density at radius 3 is 2.50 bits per heavy atom. The molecule has 0 aliphatic carbocycles. The predicted octanol–water partition coefficient (Wildman–Crippen LogP) is 4.12. The molecule has 44 heavy (non-hydrogen) atoms. The number of carbonyl (C=O) groups excluding carboxylic acids is 1. The molecule has 1 aliphatic heterocycles. The molecule has 1 aromatic heterocycles. The Morgan fingerprint density at radius 1 is 1.20 bits per heavy atom.